The minimum Gasteiger partial charge on any atom is -0.410 e. The van der Waals surface area contributed by atoms with Crippen LogP contribution in [0, 0.1) is 0 Å². The topological polar surface area (TPSA) is 97.3 Å². The molecule has 0 unspecified atom stereocenters. The number of aryl methyl sites for hydroxylation is 1. The number of nitrogens with zero attached hydrogens (tertiary/aromatic N) is 2. The second-order valence-electron chi connectivity index (χ2n) is 12.6. The Hall–Kier alpha value is -4.07. The van der Waals surface area contributed by atoms with Gasteiger partial charge in [0, 0.05) is 67.0 Å². The van der Waals surface area contributed by atoms with Crippen molar-refractivity contribution in [3.63, 3.8) is 0 Å². The van der Waals surface area contributed by atoms with Crippen LogP contribution < -0.4 is 20.7 Å². The minimum absolute atomic E-state index is 0.0344. The Kier molecular flexibility index (Phi) is 12.7. The number of carbonyl (C=O) groups is 2. The number of rotatable bonds is 18. The summed E-state index contributed by atoms with van der Waals surface area (Å²) in [5.74, 6) is 0.495. The summed E-state index contributed by atoms with van der Waals surface area (Å²) in [5.41, 5.74) is 6.27. The fourth-order valence-electron chi connectivity index (χ4n) is 6.57. The van der Waals surface area contributed by atoms with E-state index in [0.717, 1.165) is 48.6 Å². The highest BCUT2D eigenvalue weighted by molar-refractivity contribution is 5.93. The predicted molar refractivity (Wildman–Crippen MR) is 188 cm³/mol. The lowest BCUT2D eigenvalue weighted by Crippen LogP contribution is -2.27. The van der Waals surface area contributed by atoms with E-state index in [9.17, 15) is 9.59 Å². The van der Waals surface area contributed by atoms with E-state index in [2.05, 4.69) is 44.8 Å². The van der Waals surface area contributed by atoms with Crippen molar-refractivity contribution in [3.8, 4) is 5.75 Å². The standard InChI is InChI=1S/C38H51N5O3/c1-29(44)39-25-27-43-26-22-30-28-31(20-21-36(30)43)46-38(45)41-24-15-9-7-5-3-2-4-6-8-14-23-40-37-32-16-10-12-18-34(32)42-35-19-13-11-17-33(35)37/h10,12,16,18,20-22,26,28H,2-9,11,13-15,17,19,23-25,27H2,1H3,(H,39,44)(H,40,42)(H,41,45). The monoisotopic (exact) mass is 625 g/mol. The molecule has 46 heavy (non-hydrogen) atoms. The van der Waals surface area contributed by atoms with Crippen LogP contribution in [-0.2, 0) is 24.2 Å². The molecule has 2 aromatic carbocycles. The van der Waals surface area contributed by atoms with Crippen LogP contribution in [0.15, 0.2) is 54.7 Å². The Balaban J connectivity index is 0.865. The summed E-state index contributed by atoms with van der Waals surface area (Å²) in [4.78, 5) is 28.3. The Morgan fingerprint density at radius 1 is 0.804 bits per heavy atom. The van der Waals surface area contributed by atoms with Gasteiger partial charge in [0.25, 0.3) is 0 Å². The third kappa shape index (κ3) is 9.71. The largest absolute Gasteiger partial charge is 0.412 e. The SMILES string of the molecule is CC(=O)NCCn1ccc2cc(OC(=O)NCCCCCCCCCCCCNc3c4c(nc5ccccc35)CCCC4)ccc21. The van der Waals surface area contributed by atoms with E-state index in [4.69, 9.17) is 9.72 Å². The maximum atomic E-state index is 12.3. The van der Waals surface area contributed by atoms with Crippen molar-refractivity contribution >= 4 is 39.5 Å². The number of amides is 2. The minimum atomic E-state index is -0.409. The van der Waals surface area contributed by atoms with Gasteiger partial charge in [0.05, 0.1) is 5.52 Å². The second-order valence-corrected chi connectivity index (χ2v) is 12.6. The molecule has 1 aliphatic rings. The van der Waals surface area contributed by atoms with E-state index >= 15 is 0 Å². The zero-order valence-electron chi connectivity index (χ0n) is 27.5. The molecule has 0 saturated heterocycles. The summed E-state index contributed by atoms with van der Waals surface area (Å²) in [7, 11) is 0. The number of unbranched alkanes of at least 4 members (excludes halogenated alkanes) is 9. The number of carbonyl (C=O) groups excluding carboxylic acids is 2. The fraction of sp³-hybridized carbons (Fsp3) is 0.500. The highest BCUT2D eigenvalue weighted by atomic mass is 16.6. The molecule has 246 valence electrons. The molecule has 5 rings (SSSR count). The summed E-state index contributed by atoms with van der Waals surface area (Å²) < 4.78 is 7.56. The number of hydrogen-bond acceptors (Lipinski definition) is 5. The molecule has 0 spiro atoms. The third-order valence-corrected chi connectivity index (χ3v) is 9.02. The average molecular weight is 626 g/mol. The third-order valence-electron chi connectivity index (χ3n) is 9.02. The molecule has 0 fully saturated rings. The van der Waals surface area contributed by atoms with Gasteiger partial charge in [0.2, 0.25) is 5.91 Å². The molecule has 2 heterocycles. The lowest BCUT2D eigenvalue weighted by Gasteiger charge is -2.21. The molecule has 0 bridgehead atoms. The van der Waals surface area contributed by atoms with Crippen LogP contribution in [0.5, 0.6) is 5.75 Å². The maximum Gasteiger partial charge on any atom is 0.412 e. The van der Waals surface area contributed by atoms with Gasteiger partial charge in [-0.05, 0) is 74.4 Å². The summed E-state index contributed by atoms with van der Waals surface area (Å²) >= 11 is 0. The van der Waals surface area contributed by atoms with Crippen molar-refractivity contribution in [2.75, 3.05) is 25.0 Å². The zero-order chi connectivity index (χ0) is 32.0. The molecular formula is C38H51N5O3. The van der Waals surface area contributed by atoms with Crippen LogP contribution >= 0.6 is 0 Å². The van der Waals surface area contributed by atoms with Crippen LogP contribution in [-0.4, -0.2) is 41.2 Å². The van der Waals surface area contributed by atoms with Gasteiger partial charge in [-0.25, -0.2) is 4.79 Å². The first-order valence-corrected chi connectivity index (χ1v) is 17.5. The number of pyridine rings is 1. The van der Waals surface area contributed by atoms with Crippen molar-refractivity contribution in [2.45, 2.75) is 103 Å². The van der Waals surface area contributed by atoms with Crippen LogP contribution in [0.2, 0.25) is 0 Å². The molecule has 8 heteroatoms. The van der Waals surface area contributed by atoms with Crippen LogP contribution in [0.4, 0.5) is 10.5 Å². The summed E-state index contributed by atoms with van der Waals surface area (Å²) in [5, 5.41) is 11.8. The summed E-state index contributed by atoms with van der Waals surface area (Å²) in [6, 6.07) is 16.2. The van der Waals surface area contributed by atoms with E-state index in [0.29, 0.717) is 25.4 Å². The van der Waals surface area contributed by atoms with Crippen LogP contribution in [0.1, 0.15) is 95.2 Å². The first-order valence-electron chi connectivity index (χ1n) is 17.5. The first-order chi connectivity index (χ1) is 22.6. The van der Waals surface area contributed by atoms with E-state index in [1.807, 2.05) is 30.5 Å². The van der Waals surface area contributed by atoms with Gasteiger partial charge in [-0.1, -0.05) is 69.6 Å². The van der Waals surface area contributed by atoms with Crippen LogP contribution in [0.25, 0.3) is 21.8 Å². The van der Waals surface area contributed by atoms with Gasteiger partial charge in [-0.2, -0.15) is 0 Å². The van der Waals surface area contributed by atoms with Gasteiger partial charge < -0.3 is 25.3 Å². The molecule has 0 radical (unpaired) electrons. The number of ether oxygens (including phenoxy) is 1. The van der Waals surface area contributed by atoms with Gasteiger partial charge in [0.1, 0.15) is 5.75 Å². The molecule has 0 atom stereocenters. The number of nitrogens with one attached hydrogen (secondary N) is 3. The molecule has 8 nitrogen and oxygen atoms in total. The smallest absolute Gasteiger partial charge is 0.410 e. The van der Waals surface area contributed by atoms with Crippen molar-refractivity contribution in [1.82, 2.24) is 20.2 Å². The van der Waals surface area contributed by atoms with Crippen molar-refractivity contribution in [3.05, 3.63) is 66.0 Å². The van der Waals surface area contributed by atoms with E-state index in [-0.39, 0.29) is 5.91 Å². The molecule has 3 N–H and O–H groups in total. The molecule has 0 aliphatic heterocycles. The molecule has 2 aromatic heterocycles. The first kappa shape index (κ1) is 33.3. The van der Waals surface area contributed by atoms with E-state index in [1.165, 1.54) is 93.5 Å². The lowest BCUT2D eigenvalue weighted by molar-refractivity contribution is -0.118. The average Bonchev–Trinajstić information content (AvgIpc) is 3.46. The number of aromatic nitrogens is 2. The Morgan fingerprint density at radius 2 is 1.52 bits per heavy atom. The van der Waals surface area contributed by atoms with Crippen molar-refractivity contribution < 1.29 is 14.3 Å². The Bertz CT molecular complexity index is 1580. The Morgan fingerprint density at radius 3 is 2.30 bits per heavy atom. The highest BCUT2D eigenvalue weighted by Gasteiger charge is 2.17. The number of para-hydroxylation sites is 1. The second kappa shape index (κ2) is 17.6. The molecule has 0 saturated carbocycles. The quantitative estimate of drug-likeness (QED) is 0.0967. The van der Waals surface area contributed by atoms with Crippen molar-refractivity contribution in [2.24, 2.45) is 0 Å². The fourth-order valence-corrected chi connectivity index (χ4v) is 6.57. The van der Waals surface area contributed by atoms with Gasteiger partial charge in [-0.3, -0.25) is 9.78 Å². The number of hydrogen-bond donors (Lipinski definition) is 3. The van der Waals surface area contributed by atoms with E-state index in [1.54, 1.807) is 0 Å². The Labute approximate surface area is 273 Å². The summed E-state index contributed by atoms with van der Waals surface area (Å²) in [6.45, 7) is 4.45. The number of fused-ring (bicyclic) bond motifs is 3. The van der Waals surface area contributed by atoms with Crippen LogP contribution in [0.3, 0.4) is 0 Å². The molecular weight excluding hydrogens is 574 g/mol. The summed E-state index contributed by atoms with van der Waals surface area (Å²) in [6.07, 6.45) is 18.6. The van der Waals surface area contributed by atoms with Gasteiger partial charge in [0.15, 0.2) is 0 Å². The molecule has 2 amide bonds. The normalized spacial score (nSPS) is 12.6. The molecule has 1 aliphatic carbocycles. The maximum absolute atomic E-state index is 12.3. The highest BCUT2D eigenvalue weighted by Crippen LogP contribution is 2.33. The molecule has 4 aromatic rings. The number of benzene rings is 2. The zero-order valence-corrected chi connectivity index (χ0v) is 27.5. The van der Waals surface area contributed by atoms with Gasteiger partial charge in [-0.15, -0.1) is 0 Å². The lowest BCUT2D eigenvalue weighted by atomic mass is 9.92. The van der Waals surface area contributed by atoms with Gasteiger partial charge >= 0.3 is 6.09 Å². The number of anilines is 1. The predicted octanol–water partition coefficient (Wildman–Crippen LogP) is 8.31. The van der Waals surface area contributed by atoms with E-state index < -0.39 is 6.09 Å². The van der Waals surface area contributed by atoms with Crippen molar-refractivity contribution in [1.29, 1.82) is 0 Å².